The summed E-state index contributed by atoms with van der Waals surface area (Å²) in [4.78, 5) is 25.3. The van der Waals surface area contributed by atoms with Crippen LogP contribution in [-0.2, 0) is 4.79 Å². The van der Waals surface area contributed by atoms with Gasteiger partial charge in [-0.1, -0.05) is 17.3 Å². The molecule has 20 heavy (non-hydrogen) atoms. The minimum Gasteiger partial charge on any atom is -0.481 e. The second kappa shape index (κ2) is 4.41. The normalized spacial score (nSPS) is 20.6. The average Bonchev–Trinajstić information content (AvgIpc) is 3.09. The quantitative estimate of drug-likeness (QED) is 0.667. The van der Waals surface area contributed by atoms with Crippen molar-refractivity contribution in [3.8, 4) is 11.4 Å². The minimum absolute atomic E-state index is 0.100. The summed E-state index contributed by atoms with van der Waals surface area (Å²) in [5.41, 5.74) is 0.130. The summed E-state index contributed by atoms with van der Waals surface area (Å²) in [6, 6.07) is 6.05. The van der Waals surface area contributed by atoms with Crippen LogP contribution in [0.5, 0.6) is 0 Å². The number of aromatic nitrogens is 2. The molecule has 1 aromatic heterocycles. The largest absolute Gasteiger partial charge is 0.481 e. The molecule has 2 aromatic rings. The van der Waals surface area contributed by atoms with E-state index < -0.39 is 16.8 Å². The zero-order valence-electron chi connectivity index (χ0n) is 10.1. The van der Waals surface area contributed by atoms with Crippen molar-refractivity contribution in [3.05, 3.63) is 40.3 Å². The molecule has 0 bridgehead atoms. The van der Waals surface area contributed by atoms with Gasteiger partial charge in [0.05, 0.1) is 16.8 Å². The second-order valence-corrected chi connectivity index (χ2v) is 4.52. The minimum atomic E-state index is -0.902. The van der Waals surface area contributed by atoms with E-state index in [-0.39, 0.29) is 28.9 Å². The van der Waals surface area contributed by atoms with Gasteiger partial charge in [-0.3, -0.25) is 14.9 Å². The van der Waals surface area contributed by atoms with E-state index in [1.165, 1.54) is 12.1 Å². The number of nitro benzene ring substituents is 1. The zero-order chi connectivity index (χ0) is 14.3. The lowest BCUT2D eigenvalue weighted by atomic mass is 10.2. The maximum Gasteiger partial charge on any atom is 0.307 e. The number of carboxylic acid groups (broad SMARTS) is 1. The molecule has 1 aliphatic rings. The van der Waals surface area contributed by atoms with Crippen LogP contribution in [-0.4, -0.2) is 26.1 Å². The van der Waals surface area contributed by atoms with Crippen LogP contribution in [0, 0.1) is 16.0 Å². The van der Waals surface area contributed by atoms with Gasteiger partial charge in [-0.15, -0.1) is 0 Å². The molecule has 0 aliphatic heterocycles. The number of nitrogens with zero attached hydrogens (tertiary/aromatic N) is 3. The van der Waals surface area contributed by atoms with Crippen molar-refractivity contribution in [1.29, 1.82) is 0 Å². The maximum atomic E-state index is 10.9. The van der Waals surface area contributed by atoms with Gasteiger partial charge in [0.25, 0.3) is 5.69 Å². The van der Waals surface area contributed by atoms with Crippen LogP contribution >= 0.6 is 0 Å². The molecule has 8 nitrogen and oxygen atoms in total. The van der Waals surface area contributed by atoms with Crippen LogP contribution in [0.2, 0.25) is 0 Å². The number of hydrogen-bond donors (Lipinski definition) is 1. The lowest BCUT2D eigenvalue weighted by Crippen LogP contribution is -1.99. The molecule has 3 rings (SSSR count). The van der Waals surface area contributed by atoms with Crippen LogP contribution in [0.15, 0.2) is 28.8 Å². The highest BCUT2D eigenvalue weighted by atomic mass is 16.6. The van der Waals surface area contributed by atoms with Crippen LogP contribution in [0.4, 0.5) is 5.69 Å². The summed E-state index contributed by atoms with van der Waals surface area (Å²) >= 11 is 0. The molecular formula is C12H9N3O5. The zero-order valence-corrected chi connectivity index (χ0v) is 10.1. The third-order valence-corrected chi connectivity index (χ3v) is 3.21. The summed E-state index contributed by atoms with van der Waals surface area (Å²) in [5.74, 6) is -1.39. The Balaban J connectivity index is 1.92. The number of nitro groups is 1. The van der Waals surface area contributed by atoms with E-state index in [4.69, 9.17) is 9.63 Å². The first-order chi connectivity index (χ1) is 9.58. The van der Waals surface area contributed by atoms with E-state index in [1.54, 1.807) is 12.1 Å². The van der Waals surface area contributed by atoms with Crippen LogP contribution < -0.4 is 0 Å². The molecule has 2 unspecified atom stereocenters. The molecule has 0 saturated heterocycles. The van der Waals surface area contributed by atoms with E-state index in [0.29, 0.717) is 6.42 Å². The first-order valence-electron chi connectivity index (χ1n) is 5.88. The first-order valence-corrected chi connectivity index (χ1v) is 5.88. The van der Waals surface area contributed by atoms with Gasteiger partial charge in [-0.05, 0) is 12.5 Å². The fourth-order valence-corrected chi connectivity index (χ4v) is 2.06. The van der Waals surface area contributed by atoms with Gasteiger partial charge in [0.1, 0.15) is 5.56 Å². The molecule has 0 amide bonds. The number of aliphatic carboxylic acids is 1. The highest BCUT2D eigenvalue weighted by Gasteiger charge is 2.48. The van der Waals surface area contributed by atoms with Crippen LogP contribution in [0.1, 0.15) is 18.2 Å². The van der Waals surface area contributed by atoms with Crippen LogP contribution in [0.25, 0.3) is 11.4 Å². The predicted octanol–water partition coefficient (Wildman–Crippen LogP) is 1.83. The smallest absolute Gasteiger partial charge is 0.307 e. The van der Waals surface area contributed by atoms with E-state index in [1.807, 2.05) is 0 Å². The fraction of sp³-hybridized carbons (Fsp3) is 0.250. The third-order valence-electron chi connectivity index (χ3n) is 3.21. The molecule has 1 saturated carbocycles. The summed E-state index contributed by atoms with van der Waals surface area (Å²) in [6.07, 6.45) is 0.452. The van der Waals surface area contributed by atoms with Gasteiger partial charge in [0.2, 0.25) is 11.7 Å². The van der Waals surface area contributed by atoms with E-state index in [2.05, 4.69) is 10.1 Å². The highest BCUT2D eigenvalue weighted by molar-refractivity contribution is 5.75. The highest BCUT2D eigenvalue weighted by Crippen LogP contribution is 2.47. The van der Waals surface area contributed by atoms with Gasteiger partial charge < -0.3 is 9.63 Å². The van der Waals surface area contributed by atoms with Crippen molar-refractivity contribution in [2.75, 3.05) is 0 Å². The Morgan fingerprint density at radius 3 is 2.85 bits per heavy atom. The van der Waals surface area contributed by atoms with Crippen molar-refractivity contribution in [1.82, 2.24) is 10.1 Å². The van der Waals surface area contributed by atoms with Crippen molar-refractivity contribution < 1.29 is 19.3 Å². The van der Waals surface area contributed by atoms with Crippen molar-refractivity contribution in [2.45, 2.75) is 12.3 Å². The summed E-state index contributed by atoms with van der Waals surface area (Å²) in [6.45, 7) is 0. The molecule has 102 valence electrons. The molecule has 8 heteroatoms. The fourth-order valence-electron chi connectivity index (χ4n) is 2.06. The van der Waals surface area contributed by atoms with Gasteiger partial charge in [0, 0.05) is 6.07 Å². The predicted molar refractivity (Wildman–Crippen MR) is 64.9 cm³/mol. The lowest BCUT2D eigenvalue weighted by molar-refractivity contribution is -0.384. The second-order valence-electron chi connectivity index (χ2n) is 4.52. The van der Waals surface area contributed by atoms with E-state index in [0.717, 1.165) is 0 Å². The Hall–Kier alpha value is -2.77. The molecule has 2 atom stereocenters. The van der Waals surface area contributed by atoms with Gasteiger partial charge in [0.15, 0.2) is 0 Å². The van der Waals surface area contributed by atoms with Gasteiger partial charge in [-0.25, -0.2) is 0 Å². The van der Waals surface area contributed by atoms with E-state index >= 15 is 0 Å². The Labute approximate surface area is 112 Å². The molecule has 1 N–H and O–H groups in total. The van der Waals surface area contributed by atoms with Crippen LogP contribution in [0.3, 0.4) is 0 Å². The number of para-hydroxylation sites is 1. The molecule has 1 aromatic carbocycles. The SMILES string of the molecule is O=C(O)C1CC1c1nc(-c2ccccc2[N+](=O)[O-])no1. The Morgan fingerprint density at radius 2 is 2.20 bits per heavy atom. The number of hydrogen-bond acceptors (Lipinski definition) is 6. The molecule has 1 aliphatic carbocycles. The number of carboxylic acids is 1. The Bertz CT molecular complexity index is 696. The van der Waals surface area contributed by atoms with E-state index in [9.17, 15) is 14.9 Å². The summed E-state index contributed by atoms with van der Waals surface area (Å²) in [5, 5.41) is 23.5. The third kappa shape index (κ3) is 2.00. The van der Waals surface area contributed by atoms with Crippen molar-refractivity contribution >= 4 is 11.7 Å². The number of carbonyl (C=O) groups is 1. The van der Waals surface area contributed by atoms with Gasteiger partial charge in [-0.2, -0.15) is 4.98 Å². The standard InChI is InChI=1S/C12H9N3O5/c16-12(17)8-5-7(8)11-13-10(14-20-11)6-3-1-2-4-9(6)15(18)19/h1-4,7-8H,5H2,(H,16,17). The monoisotopic (exact) mass is 275 g/mol. The number of rotatable bonds is 4. The molecule has 1 fully saturated rings. The van der Waals surface area contributed by atoms with Crippen molar-refractivity contribution in [3.63, 3.8) is 0 Å². The van der Waals surface area contributed by atoms with Crippen molar-refractivity contribution in [2.24, 2.45) is 5.92 Å². The topological polar surface area (TPSA) is 119 Å². The Morgan fingerprint density at radius 1 is 1.45 bits per heavy atom. The lowest BCUT2D eigenvalue weighted by Gasteiger charge is -1.96. The average molecular weight is 275 g/mol. The van der Waals surface area contributed by atoms with Gasteiger partial charge >= 0.3 is 5.97 Å². The maximum absolute atomic E-state index is 10.9. The summed E-state index contributed by atoms with van der Waals surface area (Å²) in [7, 11) is 0. The molecule has 0 radical (unpaired) electrons. The molecular weight excluding hydrogens is 266 g/mol. The molecule has 0 spiro atoms. The number of benzene rings is 1. The molecule has 1 heterocycles. The first kappa shape index (κ1) is 12.3. The Kier molecular flexibility index (Phi) is 2.70. The summed E-state index contributed by atoms with van der Waals surface area (Å²) < 4.78 is 5.01.